The van der Waals surface area contributed by atoms with E-state index in [-0.39, 0.29) is 11.4 Å². The van der Waals surface area contributed by atoms with Crippen molar-refractivity contribution in [2.75, 3.05) is 21.3 Å². The molecule has 0 bridgehead atoms. The molecule has 128 valence electrons. The minimum Gasteiger partial charge on any atom is -0.496 e. The van der Waals surface area contributed by atoms with Gasteiger partial charge in [-0.2, -0.15) is 4.31 Å². The predicted octanol–water partition coefficient (Wildman–Crippen LogP) is 2.30. The molecule has 0 amide bonds. The Labute approximate surface area is 141 Å². The van der Waals surface area contributed by atoms with Crippen LogP contribution in [0.25, 0.3) is 0 Å². The van der Waals surface area contributed by atoms with E-state index in [1.54, 1.807) is 13.2 Å². The summed E-state index contributed by atoms with van der Waals surface area (Å²) < 4.78 is 36.4. The van der Waals surface area contributed by atoms with Crippen molar-refractivity contribution in [1.82, 2.24) is 4.31 Å². The molecule has 2 aromatic carbocycles. The number of esters is 1. The molecule has 6 nitrogen and oxygen atoms in total. The van der Waals surface area contributed by atoms with Crippen LogP contribution < -0.4 is 4.74 Å². The van der Waals surface area contributed by atoms with Crippen molar-refractivity contribution in [3.05, 3.63) is 59.7 Å². The van der Waals surface area contributed by atoms with Gasteiger partial charge in [-0.1, -0.05) is 18.2 Å². The smallest absolute Gasteiger partial charge is 0.337 e. The molecule has 0 aliphatic heterocycles. The largest absolute Gasteiger partial charge is 0.496 e. The van der Waals surface area contributed by atoms with Crippen molar-refractivity contribution in [1.29, 1.82) is 0 Å². The molecule has 0 atom stereocenters. The summed E-state index contributed by atoms with van der Waals surface area (Å²) in [4.78, 5) is 11.5. The number of para-hydroxylation sites is 1. The number of rotatable bonds is 6. The predicted molar refractivity (Wildman–Crippen MR) is 89.4 cm³/mol. The summed E-state index contributed by atoms with van der Waals surface area (Å²) in [5.41, 5.74) is 1.06. The van der Waals surface area contributed by atoms with Gasteiger partial charge in [0.05, 0.1) is 24.7 Å². The Bertz CT molecular complexity index is 815. The van der Waals surface area contributed by atoms with E-state index in [0.29, 0.717) is 11.3 Å². The Morgan fingerprint density at radius 1 is 1.04 bits per heavy atom. The lowest BCUT2D eigenvalue weighted by atomic mass is 10.2. The SMILES string of the molecule is COC(=O)c1ccc(S(=O)(=O)N(C)Cc2ccccc2OC)cc1. The molecule has 0 aliphatic carbocycles. The van der Waals surface area contributed by atoms with Gasteiger partial charge in [-0.3, -0.25) is 0 Å². The van der Waals surface area contributed by atoms with E-state index >= 15 is 0 Å². The number of nitrogens with zero attached hydrogens (tertiary/aromatic N) is 1. The van der Waals surface area contributed by atoms with Crippen LogP contribution in [0, 0.1) is 0 Å². The quantitative estimate of drug-likeness (QED) is 0.748. The van der Waals surface area contributed by atoms with Gasteiger partial charge in [0.25, 0.3) is 0 Å². The van der Waals surface area contributed by atoms with Gasteiger partial charge in [0.2, 0.25) is 10.0 Å². The minimum absolute atomic E-state index is 0.104. The van der Waals surface area contributed by atoms with Gasteiger partial charge < -0.3 is 9.47 Å². The Morgan fingerprint density at radius 2 is 1.67 bits per heavy atom. The molecule has 2 rings (SSSR count). The van der Waals surface area contributed by atoms with E-state index in [0.717, 1.165) is 5.56 Å². The summed E-state index contributed by atoms with van der Waals surface area (Å²) in [7, 11) is 0.623. The van der Waals surface area contributed by atoms with Crippen molar-refractivity contribution < 1.29 is 22.7 Å². The number of sulfonamides is 1. The number of methoxy groups -OCH3 is 2. The molecule has 0 fully saturated rings. The third-order valence-corrected chi connectivity index (χ3v) is 5.39. The zero-order valence-electron chi connectivity index (χ0n) is 13.7. The second-order valence-electron chi connectivity index (χ2n) is 5.09. The molecule has 0 N–H and O–H groups in total. The first-order valence-corrected chi connectivity index (χ1v) is 8.60. The van der Waals surface area contributed by atoms with E-state index in [4.69, 9.17) is 4.74 Å². The molecule has 0 radical (unpaired) electrons. The Balaban J connectivity index is 2.24. The molecular formula is C17H19NO5S. The molecule has 7 heteroatoms. The number of carbonyl (C=O) groups excluding carboxylic acids is 1. The van der Waals surface area contributed by atoms with E-state index in [2.05, 4.69) is 4.74 Å². The first kappa shape index (κ1) is 18.0. The highest BCUT2D eigenvalue weighted by molar-refractivity contribution is 7.89. The number of carbonyl (C=O) groups is 1. The van der Waals surface area contributed by atoms with E-state index in [1.165, 1.54) is 42.7 Å². The molecule has 0 saturated carbocycles. The summed E-state index contributed by atoms with van der Waals surface area (Å²) in [6.45, 7) is 0.172. The molecule has 0 unspecified atom stereocenters. The summed E-state index contributed by atoms with van der Waals surface area (Å²) in [6.07, 6.45) is 0. The molecule has 0 heterocycles. The van der Waals surface area contributed by atoms with Crippen LogP contribution in [0.15, 0.2) is 53.4 Å². The lowest BCUT2D eigenvalue weighted by Crippen LogP contribution is -2.26. The molecule has 0 saturated heterocycles. The van der Waals surface area contributed by atoms with Gasteiger partial charge in [-0.25, -0.2) is 13.2 Å². The molecular weight excluding hydrogens is 330 g/mol. The van der Waals surface area contributed by atoms with Crippen LogP contribution in [0.2, 0.25) is 0 Å². The normalized spacial score (nSPS) is 11.3. The number of ether oxygens (including phenoxy) is 2. The van der Waals surface area contributed by atoms with E-state index < -0.39 is 16.0 Å². The zero-order valence-corrected chi connectivity index (χ0v) is 14.5. The van der Waals surface area contributed by atoms with Crippen LogP contribution in [0.5, 0.6) is 5.75 Å². The Kier molecular flexibility index (Phi) is 5.58. The Hall–Kier alpha value is -2.38. The van der Waals surface area contributed by atoms with Crippen LogP contribution in [-0.2, 0) is 21.3 Å². The van der Waals surface area contributed by atoms with Crippen molar-refractivity contribution in [2.45, 2.75) is 11.4 Å². The first-order chi connectivity index (χ1) is 11.4. The molecule has 0 aliphatic rings. The van der Waals surface area contributed by atoms with Gasteiger partial charge in [0, 0.05) is 19.2 Å². The average Bonchev–Trinajstić information content (AvgIpc) is 2.61. The fourth-order valence-corrected chi connectivity index (χ4v) is 3.37. The van der Waals surface area contributed by atoms with Gasteiger partial charge in [-0.05, 0) is 30.3 Å². The van der Waals surface area contributed by atoms with Gasteiger partial charge in [-0.15, -0.1) is 0 Å². The van der Waals surface area contributed by atoms with Crippen LogP contribution in [-0.4, -0.2) is 40.0 Å². The number of benzene rings is 2. The van der Waals surface area contributed by atoms with Gasteiger partial charge in [0.1, 0.15) is 5.75 Å². The summed E-state index contributed by atoms with van der Waals surface area (Å²) >= 11 is 0. The summed E-state index contributed by atoms with van der Waals surface area (Å²) in [6, 6.07) is 12.9. The first-order valence-electron chi connectivity index (χ1n) is 7.16. The van der Waals surface area contributed by atoms with E-state index in [1.807, 2.05) is 18.2 Å². The molecule has 0 aromatic heterocycles. The fourth-order valence-electron chi connectivity index (χ4n) is 2.22. The third kappa shape index (κ3) is 3.74. The maximum absolute atomic E-state index is 12.7. The van der Waals surface area contributed by atoms with Crippen molar-refractivity contribution in [2.24, 2.45) is 0 Å². The van der Waals surface area contributed by atoms with Crippen molar-refractivity contribution in [3.63, 3.8) is 0 Å². The topological polar surface area (TPSA) is 72.9 Å². The molecule has 24 heavy (non-hydrogen) atoms. The second kappa shape index (κ2) is 7.46. The number of hydrogen-bond acceptors (Lipinski definition) is 5. The molecule has 0 spiro atoms. The lowest BCUT2D eigenvalue weighted by molar-refractivity contribution is 0.0600. The second-order valence-corrected chi connectivity index (χ2v) is 7.13. The molecule has 2 aromatic rings. The van der Waals surface area contributed by atoms with Crippen LogP contribution >= 0.6 is 0 Å². The summed E-state index contributed by atoms with van der Waals surface area (Å²) in [5.74, 6) is 0.113. The van der Waals surface area contributed by atoms with Gasteiger partial charge >= 0.3 is 5.97 Å². The average molecular weight is 349 g/mol. The van der Waals surface area contributed by atoms with Crippen LogP contribution in [0.3, 0.4) is 0 Å². The fraction of sp³-hybridized carbons (Fsp3) is 0.235. The highest BCUT2D eigenvalue weighted by Gasteiger charge is 2.22. The van der Waals surface area contributed by atoms with Gasteiger partial charge in [0.15, 0.2) is 0 Å². The van der Waals surface area contributed by atoms with Crippen molar-refractivity contribution >= 4 is 16.0 Å². The van der Waals surface area contributed by atoms with Crippen LogP contribution in [0.1, 0.15) is 15.9 Å². The maximum atomic E-state index is 12.7. The highest BCUT2D eigenvalue weighted by Crippen LogP contribution is 2.22. The van der Waals surface area contributed by atoms with E-state index in [9.17, 15) is 13.2 Å². The van der Waals surface area contributed by atoms with Crippen LogP contribution in [0.4, 0.5) is 0 Å². The standard InChI is InChI=1S/C17H19NO5S/c1-18(12-14-6-4-5-7-16(14)22-2)24(20,21)15-10-8-13(9-11-15)17(19)23-3/h4-11H,12H2,1-3H3. The maximum Gasteiger partial charge on any atom is 0.337 e. The van der Waals surface area contributed by atoms with Crippen molar-refractivity contribution in [3.8, 4) is 5.75 Å². The minimum atomic E-state index is -3.69. The number of hydrogen-bond donors (Lipinski definition) is 0. The zero-order chi connectivity index (χ0) is 17.7. The highest BCUT2D eigenvalue weighted by atomic mass is 32.2. The lowest BCUT2D eigenvalue weighted by Gasteiger charge is -2.18. The monoisotopic (exact) mass is 349 g/mol. The third-order valence-electron chi connectivity index (χ3n) is 3.57. The Morgan fingerprint density at radius 3 is 2.25 bits per heavy atom. The summed E-state index contributed by atoms with van der Waals surface area (Å²) in [5, 5.41) is 0.